The summed E-state index contributed by atoms with van der Waals surface area (Å²) in [5.74, 6) is -1.08. The van der Waals surface area contributed by atoms with Crippen LogP contribution in [0.2, 0.25) is 0 Å². The summed E-state index contributed by atoms with van der Waals surface area (Å²) in [6.07, 6.45) is 3.01. The summed E-state index contributed by atoms with van der Waals surface area (Å²) >= 11 is 1.53. The summed E-state index contributed by atoms with van der Waals surface area (Å²) in [5, 5.41) is 12.1. The SMILES string of the molecule is C=CCN(C(=O)[C@H](CCSC)NC(=O)OCC1c2ccccc2-c2ccccc21)[C@@H](C)C(=O)O. The van der Waals surface area contributed by atoms with Gasteiger partial charge in [0.05, 0.1) is 0 Å². The van der Waals surface area contributed by atoms with Crippen LogP contribution in [-0.4, -0.2) is 65.2 Å². The van der Waals surface area contributed by atoms with Crippen LogP contribution in [0.15, 0.2) is 61.2 Å². The van der Waals surface area contributed by atoms with E-state index in [0.29, 0.717) is 12.2 Å². The first-order valence-electron chi connectivity index (χ1n) is 11.1. The Labute approximate surface area is 204 Å². The topological polar surface area (TPSA) is 95.9 Å². The third kappa shape index (κ3) is 5.62. The molecule has 2 N–H and O–H groups in total. The van der Waals surface area contributed by atoms with Crippen LogP contribution in [0, 0.1) is 0 Å². The van der Waals surface area contributed by atoms with Gasteiger partial charge < -0.3 is 20.1 Å². The number of thioether (sulfide) groups is 1. The zero-order valence-electron chi connectivity index (χ0n) is 19.4. The molecule has 7 nitrogen and oxygen atoms in total. The Morgan fingerprint density at radius 2 is 1.74 bits per heavy atom. The molecule has 1 aliphatic rings. The highest BCUT2D eigenvalue weighted by molar-refractivity contribution is 7.98. The normalized spacial score (nSPS) is 13.8. The van der Waals surface area contributed by atoms with Gasteiger partial charge in [-0.05, 0) is 47.6 Å². The Morgan fingerprint density at radius 1 is 1.15 bits per heavy atom. The molecular weight excluding hydrogens is 452 g/mol. The van der Waals surface area contributed by atoms with Crippen molar-refractivity contribution in [2.45, 2.75) is 31.3 Å². The second-order valence-electron chi connectivity index (χ2n) is 8.10. The van der Waals surface area contributed by atoms with Gasteiger partial charge in [0.1, 0.15) is 18.7 Å². The number of amides is 2. The molecular formula is C26H30N2O5S. The molecule has 0 spiro atoms. The van der Waals surface area contributed by atoms with Crippen molar-refractivity contribution in [3.05, 3.63) is 72.3 Å². The van der Waals surface area contributed by atoms with E-state index in [-0.39, 0.29) is 19.1 Å². The summed E-state index contributed by atoms with van der Waals surface area (Å²) in [5.41, 5.74) is 4.45. The summed E-state index contributed by atoms with van der Waals surface area (Å²) < 4.78 is 5.58. The molecule has 0 aliphatic heterocycles. The van der Waals surface area contributed by atoms with E-state index in [1.165, 1.54) is 29.7 Å². The standard InChI is InChI=1S/C26H30N2O5S/c1-4-14-28(17(2)25(30)31)24(29)23(13-15-34-3)27-26(32)33-16-22-20-11-7-5-9-18(20)19-10-6-8-12-21(19)22/h4-12,17,22-23H,1,13-16H2,2-3H3,(H,27,32)(H,30,31)/t17-,23-/m0/s1. The fourth-order valence-corrected chi connectivity index (χ4v) is 4.66. The zero-order chi connectivity index (χ0) is 24.7. The Hall–Kier alpha value is -3.26. The number of carboxylic acids is 1. The highest BCUT2D eigenvalue weighted by Crippen LogP contribution is 2.44. The number of hydrogen-bond donors (Lipinski definition) is 2. The number of aliphatic carboxylic acids is 1. The smallest absolute Gasteiger partial charge is 0.407 e. The van der Waals surface area contributed by atoms with Gasteiger partial charge in [-0.15, -0.1) is 6.58 Å². The zero-order valence-corrected chi connectivity index (χ0v) is 20.2. The molecule has 1 aliphatic carbocycles. The van der Waals surface area contributed by atoms with Gasteiger partial charge in [0.2, 0.25) is 5.91 Å². The molecule has 0 aromatic heterocycles. The lowest BCUT2D eigenvalue weighted by Crippen LogP contribution is -2.53. The molecule has 2 atom stereocenters. The van der Waals surface area contributed by atoms with Crippen LogP contribution in [0.5, 0.6) is 0 Å². The van der Waals surface area contributed by atoms with Crippen molar-refractivity contribution in [3.63, 3.8) is 0 Å². The molecule has 0 fully saturated rings. The first-order valence-corrected chi connectivity index (χ1v) is 12.5. The molecule has 2 aromatic rings. The predicted octanol–water partition coefficient (Wildman–Crippen LogP) is 4.13. The van der Waals surface area contributed by atoms with Crippen LogP contribution in [0.4, 0.5) is 4.79 Å². The van der Waals surface area contributed by atoms with Gasteiger partial charge in [-0.25, -0.2) is 9.59 Å². The van der Waals surface area contributed by atoms with Crippen molar-refractivity contribution in [2.24, 2.45) is 0 Å². The number of fused-ring (bicyclic) bond motifs is 3. The van der Waals surface area contributed by atoms with E-state index < -0.39 is 30.1 Å². The monoisotopic (exact) mass is 482 g/mol. The third-order valence-electron chi connectivity index (χ3n) is 5.98. The molecule has 0 unspecified atom stereocenters. The van der Waals surface area contributed by atoms with E-state index in [9.17, 15) is 19.5 Å². The average Bonchev–Trinajstić information content (AvgIpc) is 3.16. The van der Waals surface area contributed by atoms with Crippen molar-refractivity contribution in [2.75, 3.05) is 25.2 Å². The molecule has 0 heterocycles. The molecule has 8 heteroatoms. The van der Waals surface area contributed by atoms with Gasteiger partial charge >= 0.3 is 12.1 Å². The van der Waals surface area contributed by atoms with Gasteiger partial charge in [-0.3, -0.25) is 4.79 Å². The Morgan fingerprint density at radius 3 is 2.26 bits per heavy atom. The van der Waals surface area contributed by atoms with Gasteiger partial charge in [-0.1, -0.05) is 54.6 Å². The van der Waals surface area contributed by atoms with Crippen LogP contribution in [-0.2, 0) is 14.3 Å². The van der Waals surface area contributed by atoms with Crippen LogP contribution >= 0.6 is 11.8 Å². The summed E-state index contributed by atoms with van der Waals surface area (Å²) in [6.45, 7) is 5.24. The van der Waals surface area contributed by atoms with Crippen molar-refractivity contribution in [1.82, 2.24) is 10.2 Å². The van der Waals surface area contributed by atoms with Crippen molar-refractivity contribution < 1.29 is 24.2 Å². The minimum atomic E-state index is -1.13. The summed E-state index contributed by atoms with van der Waals surface area (Å²) in [7, 11) is 0. The van der Waals surface area contributed by atoms with E-state index in [1.807, 2.05) is 42.7 Å². The molecule has 0 radical (unpaired) electrons. The minimum Gasteiger partial charge on any atom is -0.480 e. The second-order valence-corrected chi connectivity index (χ2v) is 9.08. The highest BCUT2D eigenvalue weighted by atomic mass is 32.2. The number of benzene rings is 2. The number of carbonyl (C=O) groups excluding carboxylic acids is 2. The molecule has 2 aromatic carbocycles. The number of rotatable bonds is 11. The molecule has 0 bridgehead atoms. The van der Waals surface area contributed by atoms with Crippen molar-refractivity contribution in [1.29, 1.82) is 0 Å². The number of nitrogens with one attached hydrogen (secondary N) is 1. The minimum absolute atomic E-state index is 0.0639. The Kier molecular flexibility index (Phi) is 8.76. The molecule has 0 saturated carbocycles. The van der Waals surface area contributed by atoms with E-state index in [1.54, 1.807) is 0 Å². The number of nitrogens with zero attached hydrogens (tertiary/aromatic N) is 1. The van der Waals surface area contributed by atoms with Gasteiger partial charge in [0, 0.05) is 12.5 Å². The van der Waals surface area contributed by atoms with Gasteiger partial charge in [0.15, 0.2) is 0 Å². The maximum absolute atomic E-state index is 13.1. The fourth-order valence-electron chi connectivity index (χ4n) is 4.19. The molecule has 3 rings (SSSR count). The lowest BCUT2D eigenvalue weighted by molar-refractivity contribution is -0.149. The van der Waals surface area contributed by atoms with Crippen molar-refractivity contribution >= 4 is 29.7 Å². The Balaban J connectivity index is 1.71. The van der Waals surface area contributed by atoms with Crippen LogP contribution < -0.4 is 5.32 Å². The maximum atomic E-state index is 13.1. The number of carbonyl (C=O) groups is 3. The number of carboxylic acid groups (broad SMARTS) is 1. The van der Waals surface area contributed by atoms with Gasteiger partial charge in [0.25, 0.3) is 0 Å². The van der Waals surface area contributed by atoms with Crippen molar-refractivity contribution in [3.8, 4) is 11.1 Å². The van der Waals surface area contributed by atoms with E-state index in [0.717, 1.165) is 22.3 Å². The number of alkyl carbamates (subject to hydrolysis) is 1. The maximum Gasteiger partial charge on any atom is 0.407 e. The van der Waals surface area contributed by atoms with E-state index in [2.05, 4.69) is 24.0 Å². The highest BCUT2D eigenvalue weighted by Gasteiger charge is 2.33. The molecule has 0 saturated heterocycles. The lowest BCUT2D eigenvalue weighted by Gasteiger charge is -2.29. The second kappa shape index (κ2) is 11.7. The Bertz CT molecular complexity index is 1010. The third-order valence-corrected chi connectivity index (χ3v) is 6.62. The number of ether oxygens (including phenoxy) is 1. The quantitative estimate of drug-likeness (QED) is 0.468. The average molecular weight is 483 g/mol. The molecule has 180 valence electrons. The fraction of sp³-hybridized carbons (Fsp3) is 0.346. The summed E-state index contributed by atoms with van der Waals surface area (Å²) in [4.78, 5) is 38.6. The van der Waals surface area contributed by atoms with Gasteiger partial charge in [-0.2, -0.15) is 11.8 Å². The van der Waals surface area contributed by atoms with Crippen LogP contribution in [0.3, 0.4) is 0 Å². The predicted molar refractivity (Wildman–Crippen MR) is 134 cm³/mol. The van der Waals surface area contributed by atoms with Crippen LogP contribution in [0.25, 0.3) is 11.1 Å². The molecule has 34 heavy (non-hydrogen) atoms. The lowest BCUT2D eigenvalue weighted by atomic mass is 9.98. The molecule has 2 amide bonds. The largest absolute Gasteiger partial charge is 0.480 e. The van der Waals surface area contributed by atoms with Crippen LogP contribution in [0.1, 0.15) is 30.4 Å². The first-order chi connectivity index (χ1) is 16.4. The first kappa shape index (κ1) is 25.4. The van der Waals surface area contributed by atoms with E-state index >= 15 is 0 Å². The van der Waals surface area contributed by atoms with E-state index in [4.69, 9.17) is 4.74 Å². The summed E-state index contributed by atoms with van der Waals surface area (Å²) in [6, 6.07) is 14.1. The number of hydrogen-bond acceptors (Lipinski definition) is 5.